The number of pyridine rings is 1. The van der Waals surface area contributed by atoms with E-state index in [-0.39, 0.29) is 5.91 Å². The lowest BCUT2D eigenvalue weighted by Crippen LogP contribution is -2.12. The molecule has 1 aromatic carbocycles. The summed E-state index contributed by atoms with van der Waals surface area (Å²) >= 11 is 8.11. The summed E-state index contributed by atoms with van der Waals surface area (Å²) in [5, 5.41) is 3.15. The van der Waals surface area contributed by atoms with Gasteiger partial charge in [-0.2, -0.15) is 0 Å². The van der Waals surface area contributed by atoms with Crippen LogP contribution < -0.4 is 5.32 Å². The van der Waals surface area contributed by atoms with Crippen LogP contribution in [-0.4, -0.2) is 10.9 Å². The van der Waals surface area contributed by atoms with Crippen molar-refractivity contribution in [3.8, 4) is 0 Å². The summed E-state index contributed by atoms with van der Waals surface area (Å²) in [4.78, 5) is 15.8. The molecule has 1 heterocycles. The first-order chi connectivity index (χ1) is 8.16. The van der Waals surface area contributed by atoms with Gasteiger partial charge in [0.15, 0.2) is 0 Å². The van der Waals surface area contributed by atoms with E-state index in [1.54, 1.807) is 12.3 Å². The van der Waals surface area contributed by atoms with Crippen LogP contribution >= 0.6 is 34.2 Å². The van der Waals surface area contributed by atoms with Crippen LogP contribution in [0.3, 0.4) is 0 Å². The Bertz CT molecular complexity index is 542. The topological polar surface area (TPSA) is 42.0 Å². The van der Waals surface area contributed by atoms with Gasteiger partial charge in [0.05, 0.1) is 10.6 Å². The number of rotatable bonds is 2. The molecule has 2 rings (SSSR count). The van der Waals surface area contributed by atoms with E-state index in [2.05, 4.69) is 32.9 Å². The molecule has 0 fully saturated rings. The van der Waals surface area contributed by atoms with E-state index in [1.807, 2.05) is 24.3 Å². The van der Waals surface area contributed by atoms with Crippen LogP contribution in [0.1, 0.15) is 10.4 Å². The molecular weight excluding hydrogens is 351 g/mol. The van der Waals surface area contributed by atoms with Gasteiger partial charge in [0.25, 0.3) is 5.91 Å². The highest BCUT2D eigenvalue weighted by Crippen LogP contribution is 2.16. The van der Waals surface area contributed by atoms with Crippen molar-refractivity contribution in [2.24, 2.45) is 0 Å². The summed E-state index contributed by atoms with van der Waals surface area (Å²) in [6, 6.07) is 9.10. The van der Waals surface area contributed by atoms with Crippen LogP contribution in [0.5, 0.6) is 0 Å². The molecule has 0 unspecified atom stereocenters. The third-order valence-electron chi connectivity index (χ3n) is 2.11. The fourth-order valence-electron chi connectivity index (χ4n) is 1.28. The average molecular weight is 359 g/mol. The lowest BCUT2D eigenvalue weighted by molar-refractivity contribution is 0.102. The Morgan fingerprint density at radius 1 is 1.24 bits per heavy atom. The number of amides is 1. The van der Waals surface area contributed by atoms with Crippen LogP contribution in [0.15, 0.2) is 42.7 Å². The van der Waals surface area contributed by atoms with Gasteiger partial charge in [-0.05, 0) is 52.9 Å². The number of anilines is 1. The summed E-state index contributed by atoms with van der Waals surface area (Å²) in [7, 11) is 0. The maximum Gasteiger partial charge on any atom is 0.258 e. The first-order valence-corrected chi connectivity index (χ1v) is 6.29. The number of benzene rings is 1. The van der Waals surface area contributed by atoms with Gasteiger partial charge in [-0.1, -0.05) is 11.6 Å². The summed E-state index contributed by atoms with van der Waals surface area (Å²) in [5.41, 5.74) is 1.10. The SMILES string of the molecule is O=C(Nc1ccc(I)cc1)c1cnccc1Cl. The van der Waals surface area contributed by atoms with Crippen LogP contribution in [-0.2, 0) is 0 Å². The highest BCUT2D eigenvalue weighted by Gasteiger charge is 2.10. The molecule has 0 saturated carbocycles. The molecule has 0 radical (unpaired) electrons. The monoisotopic (exact) mass is 358 g/mol. The average Bonchev–Trinajstić information content (AvgIpc) is 2.32. The van der Waals surface area contributed by atoms with Crippen LogP contribution in [0, 0.1) is 3.57 Å². The summed E-state index contributed by atoms with van der Waals surface area (Å²) in [6.07, 6.45) is 2.99. The molecule has 86 valence electrons. The molecular formula is C12H8ClIN2O. The minimum absolute atomic E-state index is 0.260. The third kappa shape index (κ3) is 3.17. The Balaban J connectivity index is 2.17. The fourth-order valence-corrected chi connectivity index (χ4v) is 1.83. The second-order valence-corrected chi connectivity index (χ2v) is 4.97. The van der Waals surface area contributed by atoms with Gasteiger partial charge in [0.2, 0.25) is 0 Å². The molecule has 0 bridgehead atoms. The van der Waals surface area contributed by atoms with Gasteiger partial charge in [-0.3, -0.25) is 9.78 Å². The predicted octanol–water partition coefficient (Wildman–Crippen LogP) is 3.59. The van der Waals surface area contributed by atoms with Crippen molar-refractivity contribution in [3.63, 3.8) is 0 Å². The summed E-state index contributed by atoms with van der Waals surface area (Å²) in [6.45, 7) is 0. The zero-order valence-corrected chi connectivity index (χ0v) is 11.6. The Kier molecular flexibility index (Phi) is 3.96. The van der Waals surface area contributed by atoms with Gasteiger partial charge in [0, 0.05) is 21.7 Å². The van der Waals surface area contributed by atoms with Crippen molar-refractivity contribution in [1.82, 2.24) is 4.98 Å². The van der Waals surface area contributed by atoms with E-state index < -0.39 is 0 Å². The number of hydrogen-bond donors (Lipinski definition) is 1. The minimum atomic E-state index is -0.260. The Hall–Kier alpha value is -1.14. The number of hydrogen-bond acceptors (Lipinski definition) is 2. The van der Waals surface area contributed by atoms with Crippen molar-refractivity contribution < 1.29 is 4.79 Å². The van der Waals surface area contributed by atoms with Gasteiger partial charge in [-0.15, -0.1) is 0 Å². The van der Waals surface area contributed by atoms with Crippen molar-refractivity contribution in [2.45, 2.75) is 0 Å². The number of nitrogens with one attached hydrogen (secondary N) is 1. The lowest BCUT2D eigenvalue weighted by atomic mass is 10.2. The molecule has 0 saturated heterocycles. The maximum atomic E-state index is 11.9. The molecule has 0 spiro atoms. The molecule has 5 heteroatoms. The van der Waals surface area contributed by atoms with Gasteiger partial charge in [-0.25, -0.2) is 0 Å². The number of carbonyl (C=O) groups excluding carboxylic acids is 1. The molecule has 17 heavy (non-hydrogen) atoms. The van der Waals surface area contributed by atoms with Crippen LogP contribution in [0.2, 0.25) is 5.02 Å². The van der Waals surface area contributed by atoms with Gasteiger partial charge in [0.1, 0.15) is 0 Å². The fraction of sp³-hybridized carbons (Fsp3) is 0. The largest absolute Gasteiger partial charge is 0.322 e. The Labute approximate surface area is 117 Å². The number of aromatic nitrogens is 1. The first kappa shape index (κ1) is 12.3. The maximum absolute atomic E-state index is 11.9. The summed E-state index contributed by atoms with van der Waals surface area (Å²) in [5.74, 6) is -0.260. The van der Waals surface area contributed by atoms with Gasteiger partial charge < -0.3 is 5.32 Å². The Morgan fingerprint density at radius 2 is 1.94 bits per heavy atom. The normalized spacial score (nSPS) is 10.0. The lowest BCUT2D eigenvalue weighted by Gasteiger charge is -2.06. The standard InChI is InChI=1S/C12H8ClIN2O/c13-11-5-6-15-7-10(11)12(17)16-9-3-1-8(14)2-4-9/h1-7H,(H,16,17). The van der Waals surface area contributed by atoms with Gasteiger partial charge >= 0.3 is 0 Å². The zero-order valence-electron chi connectivity index (χ0n) is 8.65. The van der Waals surface area contributed by atoms with E-state index in [0.717, 1.165) is 9.26 Å². The highest BCUT2D eigenvalue weighted by atomic mass is 127. The van der Waals surface area contributed by atoms with Crippen LogP contribution in [0.4, 0.5) is 5.69 Å². The first-order valence-electron chi connectivity index (χ1n) is 4.83. The predicted molar refractivity (Wildman–Crippen MR) is 76.4 cm³/mol. The van der Waals surface area contributed by atoms with E-state index in [1.165, 1.54) is 6.20 Å². The summed E-state index contributed by atoms with van der Waals surface area (Å²) < 4.78 is 1.11. The molecule has 0 aliphatic carbocycles. The second kappa shape index (κ2) is 5.46. The molecule has 1 aromatic heterocycles. The smallest absolute Gasteiger partial charge is 0.258 e. The van der Waals surface area contributed by atoms with Crippen LogP contribution in [0.25, 0.3) is 0 Å². The van der Waals surface area contributed by atoms with E-state index in [9.17, 15) is 4.79 Å². The van der Waals surface area contributed by atoms with E-state index >= 15 is 0 Å². The molecule has 3 nitrogen and oxygen atoms in total. The number of halogens is 2. The molecule has 1 amide bonds. The minimum Gasteiger partial charge on any atom is -0.322 e. The Morgan fingerprint density at radius 3 is 2.59 bits per heavy atom. The number of carbonyl (C=O) groups is 1. The van der Waals surface area contributed by atoms with Crippen molar-refractivity contribution in [2.75, 3.05) is 5.32 Å². The van der Waals surface area contributed by atoms with Crippen molar-refractivity contribution in [3.05, 3.63) is 56.9 Å². The highest BCUT2D eigenvalue weighted by molar-refractivity contribution is 14.1. The molecule has 0 aliphatic heterocycles. The third-order valence-corrected chi connectivity index (χ3v) is 3.16. The van der Waals surface area contributed by atoms with E-state index in [0.29, 0.717) is 10.6 Å². The van der Waals surface area contributed by atoms with Crippen molar-refractivity contribution in [1.29, 1.82) is 0 Å². The quantitative estimate of drug-likeness (QED) is 0.834. The second-order valence-electron chi connectivity index (χ2n) is 3.32. The molecule has 0 aliphatic rings. The van der Waals surface area contributed by atoms with E-state index in [4.69, 9.17) is 11.6 Å². The zero-order chi connectivity index (χ0) is 12.3. The molecule has 2 aromatic rings. The van der Waals surface area contributed by atoms with Crippen molar-refractivity contribution >= 4 is 45.8 Å². The molecule has 0 atom stereocenters. The molecule has 1 N–H and O–H groups in total. The number of nitrogens with zero attached hydrogens (tertiary/aromatic N) is 1.